The van der Waals surface area contributed by atoms with Crippen LogP contribution in [0.1, 0.15) is 27.7 Å². The minimum absolute atomic E-state index is 0. The van der Waals surface area contributed by atoms with Crippen LogP contribution in [-0.2, 0) is 241 Å². The maximum absolute atomic E-state index is 11.1. The van der Waals surface area contributed by atoms with Crippen LogP contribution in [0.25, 0.3) is 0 Å². The molecule has 0 saturated carbocycles. The lowest BCUT2D eigenvalue weighted by Gasteiger charge is -2.47. The molecule has 10 aliphatic heterocycles. The highest BCUT2D eigenvalue weighted by atomic mass is 32.3. The predicted molar refractivity (Wildman–Crippen MR) is 370 cm³/mol. The number of aliphatic hydroxyl groups is 12. The van der Waals surface area contributed by atoms with E-state index in [1.807, 2.05) is 0 Å². The zero-order valence-corrected chi connectivity index (χ0v) is 73.2. The number of aliphatic hydroxyl groups excluding tert-OH is 12. The first-order valence-electron chi connectivity index (χ1n) is 35.3. The van der Waals surface area contributed by atoms with Gasteiger partial charge in [0.15, 0.2) is 125 Å². The average molecular weight is 2050 g/mol. The molecule has 0 amide bonds. The van der Waals surface area contributed by atoms with Crippen molar-refractivity contribution in [3.8, 4) is 0 Å². The molecule has 128 heavy (non-hydrogen) atoms. The second kappa shape index (κ2) is 62.6. The second-order valence-electron chi connectivity index (χ2n) is 26.9. The van der Waals surface area contributed by atoms with Crippen LogP contribution in [0.3, 0.4) is 0 Å². The van der Waals surface area contributed by atoms with Crippen molar-refractivity contribution in [2.24, 2.45) is 23.7 Å². The summed E-state index contributed by atoms with van der Waals surface area (Å²) in [6.07, 6.45) is -45.1. The topological polar surface area (TPSA) is 961 Å². The highest BCUT2D eigenvalue weighted by Crippen LogP contribution is 2.42. The van der Waals surface area contributed by atoms with E-state index in [0.717, 1.165) is 14.2 Å². The van der Waals surface area contributed by atoms with Crippen molar-refractivity contribution in [2.75, 3.05) is 81.3 Å². The van der Waals surface area contributed by atoms with E-state index in [0.29, 0.717) is 0 Å². The Morgan fingerprint density at radius 2 is 0.562 bits per heavy atom. The molecule has 0 spiro atoms. The van der Waals surface area contributed by atoms with E-state index < -0.39 is 316 Å². The van der Waals surface area contributed by atoms with Crippen LogP contribution >= 0.6 is 0 Å². The Morgan fingerprint density at radius 3 is 0.859 bits per heavy atom. The standard InChI is InChI=1S/C14H26O17S.C14H26O15S.C14H24O14S.C14H24O11.5OS.2H2O/c1-5-8(16)13(25-6(3-15)10(5)28-30-18)27-11-7(4-24-32(20,21)22)26-14(23-2)12(9(11)17)29-31-19;1-5-8(16)14(25-6(3-15)11(5)28-29-19)27-12-7(4-24-30(20,21)22)26-13(23-2)10(18)9(12)17;1-5-8(16)13(23-6(3-15)9(5)26-28-17)25-10-7-4-22-11(10)12(14(21-2)24-7)27-29(18,19)20;1-5-8(16)14(21-6(3-15)10(5)24-25-18)23-11-7-4-20-12(11)9(17)13(19-2)22-7;5*1-2;;/h5-19H,3-4H2,1-2H3,(H,20,21,22);5-19H,3-4H2,1-2H3,(H,20,21,22);5-17H,3-4H2,1-2H3,(H,18,19,20);5-18H,3-4H2,1-2H3;;;;;;2*1H2/p-10/t5-,6?,7?,8?,9+,10-,11+,12?,13+,14+;5-,6?,7?,8?,9-,10?,11-,12+,13+,14+;5-,6?,7?,8?,9-,10+,11?,12+,13+,14+;5-,6?,7?,8?,9+,10-,11+,12?,13+,14+;;;;;;;/m1111......./s1. The molecule has 10 rings (SSSR count). The molecule has 0 aromatic carbocycles. The minimum Gasteiger partial charge on any atom is -0.870 e. The largest absolute Gasteiger partial charge is 0.870 e. The van der Waals surface area contributed by atoms with Gasteiger partial charge >= 0.3 is 0 Å². The molecule has 64 nitrogen and oxygen atoms in total. The van der Waals surface area contributed by atoms with Crippen LogP contribution in [0.2, 0.25) is 0 Å². The van der Waals surface area contributed by atoms with Crippen molar-refractivity contribution in [1.82, 2.24) is 0 Å². The van der Waals surface area contributed by atoms with Crippen LogP contribution in [0.4, 0.5) is 0 Å². The molecule has 16 unspecified atom stereocenters. The lowest BCUT2D eigenvalue weighted by Crippen LogP contribution is -2.64. The van der Waals surface area contributed by atoms with Gasteiger partial charge in [0, 0.05) is 52.1 Å². The van der Waals surface area contributed by atoms with Gasteiger partial charge in [0.05, 0.1) is 52.9 Å². The number of hydrogen-bond acceptors (Lipinski definition) is 69. The first kappa shape index (κ1) is 126. The summed E-state index contributed by atoms with van der Waals surface area (Å²) < 4.78 is 247. The van der Waals surface area contributed by atoms with Crippen molar-refractivity contribution in [1.29, 1.82) is 0 Å². The third kappa shape index (κ3) is 34.8. The summed E-state index contributed by atoms with van der Waals surface area (Å²) in [5.41, 5.74) is 0. The van der Waals surface area contributed by atoms with Crippen molar-refractivity contribution in [3.05, 3.63) is 0 Å². The normalized spacial score (nSPS) is 40.6. The summed E-state index contributed by atoms with van der Waals surface area (Å²) in [7, 11) is -10.5. The Bertz CT molecular complexity index is 3290. The number of methoxy groups -OCH3 is 4. The molecule has 10 fully saturated rings. The van der Waals surface area contributed by atoms with Crippen LogP contribution in [0.5, 0.6) is 0 Å². The number of rotatable bonds is 34. The molecular formula is C56H94O64S8-10. The highest BCUT2D eigenvalue weighted by Gasteiger charge is 2.60. The second-order valence-corrected chi connectivity index (χ2v) is 30.0. The van der Waals surface area contributed by atoms with Crippen LogP contribution in [0, 0.1) is 23.7 Å². The fraction of sp³-hybridized carbons (Fsp3) is 1.00. The number of ether oxygens (including phenoxy) is 18. The monoisotopic (exact) mass is 2050 g/mol. The van der Waals surface area contributed by atoms with Gasteiger partial charge in [-0.2, -0.15) is 21.0 Å². The van der Waals surface area contributed by atoms with Crippen LogP contribution < -0.4 is 26.3 Å². The van der Waals surface area contributed by atoms with E-state index >= 15 is 0 Å². The maximum Gasteiger partial charge on any atom is 0.218 e. The molecule has 0 aliphatic carbocycles. The summed E-state index contributed by atoms with van der Waals surface area (Å²) in [6.45, 7) is 1.88. The minimum atomic E-state index is -5.18. The van der Waals surface area contributed by atoms with Gasteiger partial charge in [0.1, 0.15) is 159 Å². The molecule has 10 aliphatic rings. The van der Waals surface area contributed by atoms with E-state index in [1.54, 1.807) is 6.92 Å². The summed E-state index contributed by atoms with van der Waals surface area (Å²) in [4.78, 5) is 22.4. The van der Waals surface area contributed by atoms with Crippen LogP contribution in [-0.4, -0.2) is 435 Å². The number of fused-ring (bicyclic) bond motifs is 4. The van der Waals surface area contributed by atoms with Gasteiger partial charge in [0.2, 0.25) is 31.2 Å². The Hall–Kier alpha value is -2.17. The molecule has 14 N–H and O–H groups in total. The molecule has 72 heteroatoms. The highest BCUT2D eigenvalue weighted by molar-refractivity contribution is 7.81. The first-order valence-corrected chi connectivity index (χ1v) is 41.0. The van der Waals surface area contributed by atoms with Gasteiger partial charge in [-0.25, -0.2) is 49.7 Å². The lowest BCUT2D eigenvalue weighted by atomic mass is 9.90. The fourth-order valence-corrected chi connectivity index (χ4v) is 15.0. The van der Waals surface area contributed by atoms with Crippen molar-refractivity contribution < 1.29 is 306 Å². The van der Waals surface area contributed by atoms with E-state index in [-0.39, 0.29) is 24.2 Å². The molecular weight excluding hydrogens is 1950 g/mol. The zero-order chi connectivity index (χ0) is 96.2. The molecule has 10 saturated heterocycles. The molecule has 40 atom stereocenters. The molecule has 760 valence electrons. The van der Waals surface area contributed by atoms with Gasteiger partial charge in [-0.05, 0) is 0 Å². The summed E-state index contributed by atoms with van der Waals surface area (Å²) in [5.74, 6) is -3.15. The van der Waals surface area contributed by atoms with E-state index in [1.165, 1.54) is 35.0 Å². The van der Waals surface area contributed by atoms with Gasteiger partial charge in [-0.1, -0.05) is 27.7 Å². The third-order valence-electron chi connectivity index (χ3n) is 20.0. The molecule has 0 aromatic heterocycles. The Kier molecular flexibility index (Phi) is 61.6. The van der Waals surface area contributed by atoms with Gasteiger partial charge < -0.3 is 197 Å². The van der Waals surface area contributed by atoms with Crippen LogP contribution in [0.15, 0.2) is 0 Å². The first-order chi connectivity index (χ1) is 59.8. The lowest BCUT2D eigenvalue weighted by molar-refractivity contribution is -0.809. The Labute approximate surface area is 750 Å². The van der Waals surface area contributed by atoms with Crippen molar-refractivity contribution in [3.63, 3.8) is 0 Å². The smallest absolute Gasteiger partial charge is 0.218 e. The summed E-state index contributed by atoms with van der Waals surface area (Å²) in [6, 6.07) is 0. The van der Waals surface area contributed by atoms with E-state index in [2.05, 4.69) is 125 Å². The summed E-state index contributed by atoms with van der Waals surface area (Å²) in [5, 5.41) is 189. The third-order valence-corrected chi connectivity index (χ3v) is 21.3. The van der Waals surface area contributed by atoms with E-state index in [4.69, 9.17) is 106 Å². The van der Waals surface area contributed by atoms with Gasteiger partial charge in [-0.15, -0.1) is 0 Å². The summed E-state index contributed by atoms with van der Waals surface area (Å²) >= 11 is 14.2. The predicted octanol–water partition coefficient (Wildman–Crippen LogP) is -19.2. The SMILES string of the molecule is CO[C@H]1OC(COS(=O)(=O)[O-])[C@H](O[C@@H]2OC(CO)[C@H](OO[O-])[C@H](C)C2O)[C@H](O)C1O.CO[C@H]1OC(COS(=O)(=O)[O-])[C@H](O[C@@H]2OC(CO)[C@H](OO[O-])[C@H](C)C2O)[C@H](O)C1OO[O-].CO[C@H]1OC2COC([C@H]2O[C@@H]2OC(CO)[C@H](OO[O-])[C@H](C)C2O)[C@@H]1O.CO[C@H]1OC2COC([C@H]2O[C@@H]2OC(CO)[C@H](OO[O-])[C@H](C)C2O)[C@@H]1OS(=O)(=O)[O-].O=S.O=S.O=S.O=S.O=S.[OH-].[OH-]. The van der Waals surface area contributed by atoms with Gasteiger partial charge in [-0.3, -0.25) is 37.7 Å². The van der Waals surface area contributed by atoms with Crippen molar-refractivity contribution in [2.45, 2.75) is 249 Å². The Balaban J connectivity index is 0.00000162. The fourth-order valence-electron chi connectivity index (χ4n) is 13.9. The van der Waals surface area contributed by atoms with Gasteiger partial charge in [0.25, 0.3) is 0 Å². The van der Waals surface area contributed by atoms with Crippen molar-refractivity contribution >= 4 is 93.9 Å². The quantitative estimate of drug-likeness (QED) is 0.0123. The maximum atomic E-state index is 11.1. The number of hydrogen-bond donors (Lipinski definition) is 12. The molecule has 10 heterocycles. The Morgan fingerprint density at radius 1 is 0.305 bits per heavy atom. The zero-order valence-electron chi connectivity index (χ0n) is 66.7. The molecule has 0 aromatic rings. The average Bonchev–Trinajstić information content (AvgIpc) is 1.55. The molecule has 0 radical (unpaired) electrons. The van der Waals surface area contributed by atoms with E-state index in [9.17, 15) is 126 Å². The molecule has 4 bridgehead atoms.